The van der Waals surface area contributed by atoms with Crippen LogP contribution in [0.4, 0.5) is 0 Å². The summed E-state index contributed by atoms with van der Waals surface area (Å²) in [6, 6.07) is 5.75. The van der Waals surface area contributed by atoms with E-state index in [-0.39, 0.29) is 11.8 Å². The van der Waals surface area contributed by atoms with E-state index in [9.17, 15) is 4.79 Å². The van der Waals surface area contributed by atoms with Gasteiger partial charge in [0.25, 0.3) is 5.91 Å². The van der Waals surface area contributed by atoms with E-state index in [4.69, 9.17) is 4.98 Å². The Balaban J connectivity index is 1.48. The fraction of sp³-hybridized carbons (Fsp3) is 0.333. The maximum absolute atomic E-state index is 12.5. The fourth-order valence-electron chi connectivity index (χ4n) is 3.20. The third-order valence-electron chi connectivity index (χ3n) is 4.49. The van der Waals surface area contributed by atoms with Crippen molar-refractivity contribution in [1.29, 1.82) is 0 Å². The lowest BCUT2D eigenvalue weighted by atomic mass is 9.95. The van der Waals surface area contributed by atoms with Gasteiger partial charge in [-0.25, -0.2) is 15.0 Å². The minimum absolute atomic E-state index is 0.134. The molecule has 1 saturated heterocycles. The van der Waals surface area contributed by atoms with Gasteiger partial charge in [-0.15, -0.1) is 11.3 Å². The average Bonchev–Trinajstić information content (AvgIpc) is 3.34. The molecule has 1 amide bonds. The Morgan fingerprint density at radius 3 is 2.84 bits per heavy atom. The molecule has 1 fully saturated rings. The summed E-state index contributed by atoms with van der Waals surface area (Å²) in [4.78, 5) is 31.9. The quantitative estimate of drug-likeness (QED) is 0.784. The lowest BCUT2D eigenvalue weighted by Crippen LogP contribution is -2.37. The molecule has 0 aliphatic carbocycles. The van der Waals surface area contributed by atoms with Crippen molar-refractivity contribution in [3.63, 3.8) is 0 Å². The number of likely N-dealkylation sites (tertiary alicyclic amines) is 1. The molecule has 3 aromatic rings. The predicted molar refractivity (Wildman–Crippen MR) is 96.5 cm³/mol. The summed E-state index contributed by atoms with van der Waals surface area (Å²) < 4.78 is 0. The summed E-state index contributed by atoms with van der Waals surface area (Å²) in [6.07, 6.45) is 5.29. The second-order valence-corrected chi connectivity index (χ2v) is 7.18. The summed E-state index contributed by atoms with van der Waals surface area (Å²) in [5.74, 6) is 2.03. The van der Waals surface area contributed by atoms with Crippen LogP contribution in [0, 0.1) is 6.92 Å². The van der Waals surface area contributed by atoms with E-state index in [0.717, 1.165) is 53.8 Å². The van der Waals surface area contributed by atoms with Crippen LogP contribution in [-0.2, 0) is 0 Å². The lowest BCUT2D eigenvalue weighted by molar-refractivity contribution is 0.0716. The van der Waals surface area contributed by atoms with Crippen LogP contribution in [0.3, 0.4) is 0 Å². The number of rotatable bonds is 3. The first-order chi connectivity index (χ1) is 12.2. The second kappa shape index (κ2) is 6.76. The zero-order chi connectivity index (χ0) is 17.2. The first kappa shape index (κ1) is 16.0. The van der Waals surface area contributed by atoms with Crippen molar-refractivity contribution in [3.8, 4) is 11.5 Å². The number of carbonyl (C=O) groups is 1. The number of H-pyrrole nitrogens is 1. The molecule has 1 aliphatic rings. The van der Waals surface area contributed by atoms with Crippen LogP contribution in [0.1, 0.15) is 39.9 Å². The van der Waals surface area contributed by atoms with Crippen LogP contribution in [0.25, 0.3) is 11.5 Å². The van der Waals surface area contributed by atoms with Crippen molar-refractivity contribution < 1.29 is 4.79 Å². The van der Waals surface area contributed by atoms with Gasteiger partial charge in [-0.3, -0.25) is 4.79 Å². The Bertz CT molecular complexity index is 852. The summed E-state index contributed by atoms with van der Waals surface area (Å²) in [5, 5.41) is 1.94. The number of hydrogen-bond acceptors (Lipinski definition) is 5. The number of amides is 1. The van der Waals surface area contributed by atoms with E-state index in [1.807, 2.05) is 35.4 Å². The molecule has 0 atom stereocenters. The zero-order valence-electron chi connectivity index (χ0n) is 14.0. The Morgan fingerprint density at radius 1 is 1.32 bits per heavy atom. The number of aromatic amines is 1. The lowest BCUT2D eigenvalue weighted by Gasteiger charge is -2.31. The van der Waals surface area contributed by atoms with Gasteiger partial charge < -0.3 is 9.88 Å². The van der Waals surface area contributed by atoms with Crippen molar-refractivity contribution in [2.75, 3.05) is 13.1 Å². The Kier molecular flexibility index (Phi) is 4.31. The van der Waals surface area contributed by atoms with Crippen LogP contribution in [0.2, 0.25) is 0 Å². The number of aryl methyl sites for hydroxylation is 1. The zero-order valence-corrected chi connectivity index (χ0v) is 14.8. The molecule has 3 aromatic heterocycles. The Morgan fingerprint density at radius 2 is 2.16 bits per heavy atom. The second-order valence-electron chi connectivity index (χ2n) is 6.23. The summed E-state index contributed by atoms with van der Waals surface area (Å²) in [7, 11) is 0. The number of nitrogens with one attached hydrogen (secondary N) is 1. The third-order valence-corrected chi connectivity index (χ3v) is 5.35. The maximum atomic E-state index is 12.5. The molecule has 0 bridgehead atoms. The molecule has 25 heavy (non-hydrogen) atoms. The van der Waals surface area contributed by atoms with Gasteiger partial charge in [-0.05, 0) is 37.3 Å². The smallest absolute Gasteiger partial charge is 0.263 e. The van der Waals surface area contributed by atoms with E-state index < -0.39 is 0 Å². The molecule has 1 N–H and O–H groups in total. The maximum Gasteiger partial charge on any atom is 0.263 e. The van der Waals surface area contributed by atoms with Gasteiger partial charge in [0.15, 0.2) is 5.82 Å². The first-order valence-corrected chi connectivity index (χ1v) is 9.27. The molecule has 0 spiro atoms. The van der Waals surface area contributed by atoms with E-state index in [2.05, 4.69) is 15.0 Å². The van der Waals surface area contributed by atoms with E-state index in [1.165, 1.54) is 11.3 Å². The van der Waals surface area contributed by atoms with Crippen molar-refractivity contribution in [3.05, 3.63) is 52.4 Å². The molecular weight excluding hydrogens is 334 g/mol. The van der Waals surface area contributed by atoms with Gasteiger partial charge in [0, 0.05) is 37.1 Å². The molecule has 0 saturated carbocycles. The van der Waals surface area contributed by atoms with Gasteiger partial charge >= 0.3 is 0 Å². The van der Waals surface area contributed by atoms with Gasteiger partial charge in [0.2, 0.25) is 0 Å². The van der Waals surface area contributed by atoms with Crippen molar-refractivity contribution in [2.45, 2.75) is 25.7 Å². The van der Waals surface area contributed by atoms with Gasteiger partial charge in [-0.1, -0.05) is 6.07 Å². The highest BCUT2D eigenvalue weighted by atomic mass is 32.1. The molecule has 0 radical (unpaired) electrons. The van der Waals surface area contributed by atoms with E-state index >= 15 is 0 Å². The predicted octanol–water partition coefficient (Wildman–Crippen LogP) is 3.26. The normalized spacial score (nSPS) is 15.5. The number of hydrogen-bond donors (Lipinski definition) is 1. The molecule has 6 nitrogen and oxygen atoms in total. The number of thiophene rings is 1. The molecule has 1 aliphatic heterocycles. The highest BCUT2D eigenvalue weighted by Crippen LogP contribution is 2.28. The molecule has 7 heteroatoms. The highest BCUT2D eigenvalue weighted by Gasteiger charge is 2.27. The fourth-order valence-corrected chi connectivity index (χ4v) is 3.89. The number of aromatic nitrogens is 4. The topological polar surface area (TPSA) is 74.8 Å². The van der Waals surface area contributed by atoms with Crippen LogP contribution in [-0.4, -0.2) is 43.8 Å². The van der Waals surface area contributed by atoms with Crippen LogP contribution in [0.5, 0.6) is 0 Å². The van der Waals surface area contributed by atoms with Crippen LogP contribution < -0.4 is 0 Å². The summed E-state index contributed by atoms with van der Waals surface area (Å²) >= 11 is 1.50. The van der Waals surface area contributed by atoms with Crippen molar-refractivity contribution >= 4 is 17.2 Å². The van der Waals surface area contributed by atoms with E-state index in [0.29, 0.717) is 0 Å². The first-order valence-electron chi connectivity index (χ1n) is 8.39. The number of nitrogens with zero attached hydrogens (tertiary/aromatic N) is 4. The van der Waals surface area contributed by atoms with E-state index in [1.54, 1.807) is 12.4 Å². The summed E-state index contributed by atoms with van der Waals surface area (Å²) in [6.45, 7) is 3.47. The van der Waals surface area contributed by atoms with Gasteiger partial charge in [0.05, 0.1) is 4.88 Å². The van der Waals surface area contributed by atoms with Crippen molar-refractivity contribution in [1.82, 2.24) is 24.8 Å². The highest BCUT2D eigenvalue weighted by molar-refractivity contribution is 7.12. The monoisotopic (exact) mass is 353 g/mol. The van der Waals surface area contributed by atoms with Crippen molar-refractivity contribution in [2.24, 2.45) is 0 Å². The molecule has 128 valence electrons. The number of carbonyl (C=O) groups excluding carboxylic acids is 1. The molecule has 4 heterocycles. The SMILES string of the molecule is Cc1cc(-c2ncc[nH]2)nc(C2CCN(C(=O)c3cccs3)CC2)n1. The third kappa shape index (κ3) is 3.32. The Labute approximate surface area is 150 Å². The molecule has 0 unspecified atom stereocenters. The number of piperidine rings is 1. The van der Waals surface area contributed by atoms with Crippen LogP contribution >= 0.6 is 11.3 Å². The molecule has 4 rings (SSSR count). The minimum atomic E-state index is 0.134. The standard InChI is InChI=1S/C18H19N5OS/c1-12-11-14(17-19-6-7-20-17)22-16(21-12)13-4-8-23(9-5-13)18(24)15-3-2-10-25-15/h2-3,6-7,10-11,13H,4-5,8-9H2,1H3,(H,19,20). The molecular formula is C18H19N5OS. The Hall–Kier alpha value is -2.54. The number of imidazole rings is 1. The summed E-state index contributed by atoms with van der Waals surface area (Å²) in [5.41, 5.74) is 1.76. The minimum Gasteiger partial charge on any atom is -0.343 e. The van der Waals surface area contributed by atoms with Gasteiger partial charge in [0.1, 0.15) is 11.5 Å². The largest absolute Gasteiger partial charge is 0.343 e. The van der Waals surface area contributed by atoms with Gasteiger partial charge in [-0.2, -0.15) is 0 Å². The molecule has 0 aromatic carbocycles. The average molecular weight is 353 g/mol. The van der Waals surface area contributed by atoms with Crippen LogP contribution in [0.15, 0.2) is 36.0 Å².